The molecule has 0 spiro atoms. The van der Waals surface area contributed by atoms with Crippen LogP contribution in [-0.4, -0.2) is 11.7 Å². The summed E-state index contributed by atoms with van der Waals surface area (Å²) in [5.41, 5.74) is 0.779. The van der Waals surface area contributed by atoms with E-state index in [-0.39, 0.29) is 11.9 Å². The third kappa shape index (κ3) is 4.89. The fourth-order valence-electron chi connectivity index (χ4n) is 1.76. The molecule has 0 aliphatic heterocycles. The summed E-state index contributed by atoms with van der Waals surface area (Å²) in [5.74, 6) is -0.303. The molecule has 106 valence electrons. The Morgan fingerprint density at radius 2 is 2.05 bits per heavy atom. The molecule has 1 amide bonds. The van der Waals surface area contributed by atoms with Gasteiger partial charge in [-0.25, -0.2) is 9.18 Å². The molecule has 1 aromatic carbocycles. The minimum atomic E-state index is -0.561. The number of rotatable bonds is 3. The van der Waals surface area contributed by atoms with E-state index in [1.54, 1.807) is 26.8 Å². The highest BCUT2D eigenvalue weighted by molar-refractivity contribution is 5.68. The van der Waals surface area contributed by atoms with Gasteiger partial charge in [0.15, 0.2) is 0 Å². The number of halogens is 1. The molecular formula is C15H22FNO2. The second kappa shape index (κ2) is 6.04. The van der Waals surface area contributed by atoms with E-state index in [2.05, 4.69) is 5.32 Å². The smallest absolute Gasteiger partial charge is 0.408 e. The third-order valence-electron chi connectivity index (χ3n) is 2.63. The highest BCUT2D eigenvalue weighted by Gasteiger charge is 2.21. The van der Waals surface area contributed by atoms with Crippen molar-refractivity contribution in [3.63, 3.8) is 0 Å². The molecule has 0 aliphatic rings. The molecule has 3 nitrogen and oxygen atoms in total. The first-order chi connectivity index (χ1) is 8.73. The topological polar surface area (TPSA) is 38.3 Å². The number of nitrogens with one attached hydrogen (secondary N) is 1. The van der Waals surface area contributed by atoms with Crippen molar-refractivity contribution in [1.29, 1.82) is 0 Å². The third-order valence-corrected chi connectivity index (χ3v) is 2.63. The molecule has 0 bridgehead atoms. The number of carbonyl (C=O) groups excluding carboxylic acids is 1. The zero-order chi connectivity index (χ0) is 14.6. The minimum Gasteiger partial charge on any atom is -0.444 e. The zero-order valence-corrected chi connectivity index (χ0v) is 12.2. The summed E-state index contributed by atoms with van der Waals surface area (Å²) < 4.78 is 19.1. The van der Waals surface area contributed by atoms with E-state index in [9.17, 15) is 9.18 Å². The standard InChI is InChI=1S/C15H22FNO2/c1-6-13(17-14(18)19-15(3,4)5)11-8-7-10(2)9-12(11)16/h7-9,13H,6H2,1-5H3,(H,17,18)/t13-/m1/s1. The van der Waals surface area contributed by atoms with Crippen molar-refractivity contribution in [2.45, 2.75) is 52.7 Å². The monoisotopic (exact) mass is 267 g/mol. The summed E-state index contributed by atoms with van der Waals surface area (Å²) in [5, 5.41) is 2.70. The van der Waals surface area contributed by atoms with E-state index in [1.807, 2.05) is 19.9 Å². The molecule has 1 N–H and O–H groups in total. The van der Waals surface area contributed by atoms with E-state index >= 15 is 0 Å². The summed E-state index contributed by atoms with van der Waals surface area (Å²) in [4.78, 5) is 11.7. The highest BCUT2D eigenvalue weighted by Crippen LogP contribution is 2.21. The van der Waals surface area contributed by atoms with Gasteiger partial charge in [0.05, 0.1) is 6.04 Å². The van der Waals surface area contributed by atoms with Crippen LogP contribution in [0.2, 0.25) is 0 Å². The van der Waals surface area contributed by atoms with Crippen molar-refractivity contribution in [2.75, 3.05) is 0 Å². The molecule has 0 aromatic heterocycles. The molecule has 1 aromatic rings. The van der Waals surface area contributed by atoms with E-state index in [1.165, 1.54) is 6.07 Å². The second-order valence-electron chi connectivity index (χ2n) is 5.63. The molecule has 0 heterocycles. The van der Waals surface area contributed by atoms with Gasteiger partial charge >= 0.3 is 6.09 Å². The summed E-state index contributed by atoms with van der Waals surface area (Å²) in [6.45, 7) is 9.09. The van der Waals surface area contributed by atoms with Crippen LogP contribution in [0, 0.1) is 12.7 Å². The van der Waals surface area contributed by atoms with Crippen molar-refractivity contribution in [1.82, 2.24) is 5.32 Å². The SMILES string of the molecule is CC[C@@H](NC(=O)OC(C)(C)C)c1ccc(C)cc1F. The predicted molar refractivity (Wildman–Crippen MR) is 73.5 cm³/mol. The summed E-state index contributed by atoms with van der Waals surface area (Å²) in [7, 11) is 0. The summed E-state index contributed by atoms with van der Waals surface area (Å²) in [6, 6.07) is 4.62. The summed E-state index contributed by atoms with van der Waals surface area (Å²) >= 11 is 0. The first kappa shape index (κ1) is 15.5. The lowest BCUT2D eigenvalue weighted by Crippen LogP contribution is -2.35. The number of aryl methyl sites for hydroxylation is 1. The molecule has 1 atom stereocenters. The van der Waals surface area contributed by atoms with E-state index < -0.39 is 11.7 Å². The van der Waals surface area contributed by atoms with Crippen LogP contribution in [0.1, 0.15) is 51.3 Å². The maximum absolute atomic E-state index is 13.9. The maximum Gasteiger partial charge on any atom is 0.408 e. The Morgan fingerprint density at radius 3 is 2.53 bits per heavy atom. The molecule has 1 rings (SSSR count). The lowest BCUT2D eigenvalue weighted by Gasteiger charge is -2.23. The molecule has 0 unspecified atom stereocenters. The van der Waals surface area contributed by atoms with E-state index in [4.69, 9.17) is 4.74 Å². The molecule has 0 saturated carbocycles. The van der Waals surface area contributed by atoms with E-state index in [0.29, 0.717) is 12.0 Å². The number of hydrogen-bond donors (Lipinski definition) is 1. The molecule has 0 aliphatic carbocycles. The van der Waals surface area contributed by atoms with Crippen LogP contribution in [0.5, 0.6) is 0 Å². The van der Waals surface area contributed by atoms with Crippen molar-refractivity contribution >= 4 is 6.09 Å². The van der Waals surface area contributed by atoms with Gasteiger partial charge in [-0.05, 0) is 45.7 Å². The van der Waals surface area contributed by atoms with Gasteiger partial charge in [-0.2, -0.15) is 0 Å². The molecule has 0 radical (unpaired) electrons. The normalized spacial score (nSPS) is 12.9. The first-order valence-electron chi connectivity index (χ1n) is 6.48. The molecule has 0 fully saturated rings. The average Bonchev–Trinajstić information content (AvgIpc) is 2.24. The lowest BCUT2D eigenvalue weighted by molar-refractivity contribution is 0.0501. The van der Waals surface area contributed by atoms with Gasteiger partial charge in [0.25, 0.3) is 0 Å². The Morgan fingerprint density at radius 1 is 1.42 bits per heavy atom. The number of hydrogen-bond acceptors (Lipinski definition) is 2. The van der Waals surface area contributed by atoms with Crippen molar-refractivity contribution in [3.05, 3.63) is 35.1 Å². The van der Waals surface area contributed by atoms with Crippen molar-refractivity contribution in [2.24, 2.45) is 0 Å². The first-order valence-corrected chi connectivity index (χ1v) is 6.48. The van der Waals surface area contributed by atoms with E-state index in [0.717, 1.165) is 5.56 Å². The van der Waals surface area contributed by atoms with Crippen molar-refractivity contribution < 1.29 is 13.9 Å². The van der Waals surface area contributed by atoms with Gasteiger partial charge in [0.1, 0.15) is 11.4 Å². The van der Waals surface area contributed by atoms with Gasteiger partial charge in [-0.3, -0.25) is 0 Å². The fraction of sp³-hybridized carbons (Fsp3) is 0.533. The molecular weight excluding hydrogens is 245 g/mol. The Labute approximate surface area is 114 Å². The Hall–Kier alpha value is -1.58. The van der Waals surface area contributed by atoms with Crippen molar-refractivity contribution in [3.8, 4) is 0 Å². The van der Waals surface area contributed by atoms with Crippen LogP contribution >= 0.6 is 0 Å². The number of amides is 1. The fourth-order valence-corrected chi connectivity index (χ4v) is 1.76. The van der Waals surface area contributed by atoms with Gasteiger partial charge in [-0.15, -0.1) is 0 Å². The predicted octanol–water partition coefficient (Wildman–Crippen LogP) is 4.11. The quantitative estimate of drug-likeness (QED) is 0.895. The number of benzene rings is 1. The van der Waals surface area contributed by atoms with Crippen LogP contribution < -0.4 is 5.32 Å². The number of alkyl carbamates (subject to hydrolysis) is 1. The molecule has 0 saturated heterocycles. The van der Waals surface area contributed by atoms with Crippen LogP contribution in [0.25, 0.3) is 0 Å². The minimum absolute atomic E-state index is 0.303. The molecule has 19 heavy (non-hydrogen) atoms. The number of ether oxygens (including phenoxy) is 1. The Balaban J connectivity index is 2.81. The van der Waals surface area contributed by atoms with Crippen LogP contribution in [0.15, 0.2) is 18.2 Å². The van der Waals surface area contributed by atoms with Gasteiger partial charge in [-0.1, -0.05) is 19.1 Å². The van der Waals surface area contributed by atoms with Crippen LogP contribution in [0.3, 0.4) is 0 Å². The van der Waals surface area contributed by atoms with Crippen LogP contribution in [-0.2, 0) is 4.74 Å². The van der Waals surface area contributed by atoms with Gasteiger partial charge in [0, 0.05) is 5.56 Å². The average molecular weight is 267 g/mol. The maximum atomic E-state index is 13.9. The second-order valence-corrected chi connectivity index (χ2v) is 5.63. The molecule has 4 heteroatoms. The van der Waals surface area contributed by atoms with Gasteiger partial charge in [0.2, 0.25) is 0 Å². The number of carbonyl (C=O) groups is 1. The Bertz CT molecular complexity index is 452. The zero-order valence-electron chi connectivity index (χ0n) is 12.2. The van der Waals surface area contributed by atoms with Crippen LogP contribution in [0.4, 0.5) is 9.18 Å². The lowest BCUT2D eigenvalue weighted by atomic mass is 10.0. The van der Waals surface area contributed by atoms with Gasteiger partial charge < -0.3 is 10.1 Å². The highest BCUT2D eigenvalue weighted by atomic mass is 19.1. The Kier molecular flexibility index (Phi) is 4.92. The largest absolute Gasteiger partial charge is 0.444 e. The summed E-state index contributed by atoms with van der Waals surface area (Å²) in [6.07, 6.45) is 0.0680.